The van der Waals surface area contributed by atoms with Gasteiger partial charge in [-0.3, -0.25) is 14.5 Å². The molecular formula is C22H19N3O4. The number of likely N-dealkylation sites (tertiary alicyclic amines) is 1. The summed E-state index contributed by atoms with van der Waals surface area (Å²) in [5, 5.41) is 4.55. The topological polar surface area (TPSA) is 81.5 Å². The van der Waals surface area contributed by atoms with Crippen molar-refractivity contribution < 1.29 is 19.1 Å². The highest BCUT2D eigenvalue weighted by atomic mass is 16.5. The average molecular weight is 389 g/mol. The molecule has 1 fully saturated rings. The largest absolute Gasteiger partial charge is 0.451 e. The Bertz CT molecular complexity index is 1040. The van der Waals surface area contributed by atoms with E-state index in [0.29, 0.717) is 30.8 Å². The molecule has 0 atom stereocenters. The number of para-hydroxylation sites is 1. The van der Waals surface area contributed by atoms with Gasteiger partial charge in [0.1, 0.15) is 0 Å². The number of aromatic nitrogens is 2. The minimum absolute atomic E-state index is 0.204. The number of ether oxygens (including phenoxy) is 1. The van der Waals surface area contributed by atoms with Crippen LogP contribution in [0.4, 0.5) is 0 Å². The number of carbonyl (C=O) groups is 3. The van der Waals surface area contributed by atoms with Crippen LogP contribution in [0.1, 0.15) is 23.3 Å². The summed E-state index contributed by atoms with van der Waals surface area (Å²) in [4.78, 5) is 37.7. The molecule has 0 radical (unpaired) electrons. The molecule has 3 aromatic rings. The zero-order valence-corrected chi connectivity index (χ0v) is 15.7. The van der Waals surface area contributed by atoms with Gasteiger partial charge in [0.25, 0.3) is 5.91 Å². The molecule has 2 heterocycles. The van der Waals surface area contributed by atoms with Crippen LogP contribution in [0.15, 0.2) is 66.7 Å². The van der Waals surface area contributed by atoms with Crippen LogP contribution in [-0.4, -0.2) is 45.6 Å². The van der Waals surface area contributed by atoms with Crippen LogP contribution in [0.25, 0.3) is 16.9 Å². The van der Waals surface area contributed by atoms with Gasteiger partial charge in [0.05, 0.1) is 11.4 Å². The molecule has 1 aliphatic rings. The summed E-state index contributed by atoms with van der Waals surface area (Å²) < 4.78 is 6.71. The first-order valence-electron chi connectivity index (χ1n) is 9.35. The highest BCUT2D eigenvalue weighted by Gasteiger charge is 2.28. The maximum atomic E-state index is 12.7. The first-order valence-corrected chi connectivity index (χ1v) is 9.35. The molecule has 2 amide bonds. The van der Waals surface area contributed by atoms with Crippen molar-refractivity contribution in [2.45, 2.75) is 12.8 Å². The zero-order valence-electron chi connectivity index (χ0n) is 15.7. The summed E-state index contributed by atoms with van der Waals surface area (Å²) in [6, 6.07) is 20.3. The number of imide groups is 1. The van der Waals surface area contributed by atoms with Gasteiger partial charge in [0.15, 0.2) is 12.3 Å². The Kier molecular flexibility index (Phi) is 5.20. The summed E-state index contributed by atoms with van der Waals surface area (Å²) in [5.41, 5.74) is 2.37. The molecule has 1 aliphatic heterocycles. The Balaban J connectivity index is 1.59. The van der Waals surface area contributed by atoms with Crippen molar-refractivity contribution in [2.75, 3.05) is 13.2 Å². The van der Waals surface area contributed by atoms with Crippen molar-refractivity contribution in [3.05, 3.63) is 72.4 Å². The van der Waals surface area contributed by atoms with Crippen LogP contribution >= 0.6 is 0 Å². The van der Waals surface area contributed by atoms with Gasteiger partial charge in [-0.1, -0.05) is 48.5 Å². The number of hydrogen-bond donors (Lipinski definition) is 0. The Labute approximate surface area is 167 Å². The summed E-state index contributed by atoms with van der Waals surface area (Å²) in [6.45, 7) is -0.111. The van der Waals surface area contributed by atoms with E-state index in [-0.39, 0.29) is 11.6 Å². The highest BCUT2D eigenvalue weighted by Crippen LogP contribution is 2.22. The number of hydrogen-bond acceptors (Lipinski definition) is 5. The molecule has 146 valence electrons. The summed E-state index contributed by atoms with van der Waals surface area (Å²) in [5.74, 6) is -1.41. The predicted molar refractivity (Wildman–Crippen MR) is 105 cm³/mol. The minimum Gasteiger partial charge on any atom is -0.451 e. The van der Waals surface area contributed by atoms with Crippen molar-refractivity contribution in [1.82, 2.24) is 14.7 Å². The fraction of sp³-hybridized carbons (Fsp3) is 0.182. The van der Waals surface area contributed by atoms with E-state index in [1.54, 1.807) is 6.07 Å². The van der Waals surface area contributed by atoms with Crippen LogP contribution in [0, 0.1) is 0 Å². The average Bonchev–Trinajstić information content (AvgIpc) is 3.40. The minimum atomic E-state index is -0.677. The van der Waals surface area contributed by atoms with Crippen molar-refractivity contribution in [2.24, 2.45) is 0 Å². The van der Waals surface area contributed by atoms with Crippen LogP contribution in [0.2, 0.25) is 0 Å². The van der Waals surface area contributed by atoms with Crippen molar-refractivity contribution in [3.8, 4) is 16.9 Å². The molecule has 7 nitrogen and oxygen atoms in total. The third-order valence-corrected chi connectivity index (χ3v) is 4.69. The molecule has 0 aliphatic carbocycles. The van der Waals surface area contributed by atoms with E-state index in [0.717, 1.165) is 10.5 Å². The number of rotatable bonds is 5. The molecule has 1 aromatic heterocycles. The second-order valence-electron chi connectivity index (χ2n) is 6.65. The Hall–Kier alpha value is -3.74. The molecule has 1 saturated heterocycles. The standard InChI is InChI=1S/C22H19N3O4/c26-20-12-7-13-24(20)21(27)15-29-22(28)19-14-18(16-8-3-1-4-9-16)23-25(19)17-10-5-2-6-11-17/h1-6,8-11,14H,7,12-13,15H2. The maximum Gasteiger partial charge on any atom is 0.357 e. The summed E-state index contributed by atoms with van der Waals surface area (Å²) >= 11 is 0. The van der Waals surface area contributed by atoms with Gasteiger partial charge in [-0.05, 0) is 24.6 Å². The number of carbonyl (C=O) groups excluding carboxylic acids is 3. The van der Waals surface area contributed by atoms with E-state index < -0.39 is 18.5 Å². The van der Waals surface area contributed by atoms with E-state index in [4.69, 9.17) is 4.74 Å². The first kappa shape index (κ1) is 18.6. The lowest BCUT2D eigenvalue weighted by atomic mass is 10.1. The molecule has 0 bridgehead atoms. The Morgan fingerprint density at radius 2 is 1.69 bits per heavy atom. The quantitative estimate of drug-likeness (QED) is 0.627. The van der Waals surface area contributed by atoms with Gasteiger partial charge in [0.2, 0.25) is 5.91 Å². The van der Waals surface area contributed by atoms with Gasteiger partial charge in [-0.25, -0.2) is 9.48 Å². The predicted octanol–water partition coefficient (Wildman–Crippen LogP) is 2.85. The highest BCUT2D eigenvalue weighted by molar-refractivity contribution is 5.98. The van der Waals surface area contributed by atoms with Gasteiger partial charge in [-0.15, -0.1) is 0 Å². The summed E-state index contributed by atoms with van der Waals surface area (Å²) in [7, 11) is 0. The van der Waals surface area contributed by atoms with Crippen LogP contribution in [-0.2, 0) is 14.3 Å². The molecule has 2 aromatic carbocycles. The number of benzene rings is 2. The molecule has 0 unspecified atom stereocenters. The molecule has 0 N–H and O–H groups in total. The van der Waals surface area contributed by atoms with E-state index in [9.17, 15) is 14.4 Å². The van der Waals surface area contributed by atoms with Gasteiger partial charge in [-0.2, -0.15) is 5.10 Å². The van der Waals surface area contributed by atoms with Crippen molar-refractivity contribution >= 4 is 17.8 Å². The van der Waals surface area contributed by atoms with E-state index in [1.165, 1.54) is 4.68 Å². The first-order chi connectivity index (χ1) is 14.1. The lowest BCUT2D eigenvalue weighted by Gasteiger charge is -2.13. The molecule has 29 heavy (non-hydrogen) atoms. The normalized spacial score (nSPS) is 13.5. The Morgan fingerprint density at radius 3 is 2.34 bits per heavy atom. The molecule has 4 rings (SSSR count). The van der Waals surface area contributed by atoms with E-state index in [1.807, 2.05) is 60.7 Å². The fourth-order valence-electron chi connectivity index (χ4n) is 3.23. The monoisotopic (exact) mass is 389 g/mol. The lowest BCUT2D eigenvalue weighted by Crippen LogP contribution is -2.35. The second kappa shape index (κ2) is 8.10. The zero-order chi connectivity index (χ0) is 20.2. The molecular weight excluding hydrogens is 370 g/mol. The van der Waals surface area contributed by atoms with E-state index in [2.05, 4.69) is 5.10 Å². The van der Waals surface area contributed by atoms with Crippen LogP contribution < -0.4 is 0 Å². The number of nitrogens with zero attached hydrogens (tertiary/aromatic N) is 3. The van der Waals surface area contributed by atoms with Gasteiger partial charge < -0.3 is 4.74 Å². The van der Waals surface area contributed by atoms with Crippen LogP contribution in [0.3, 0.4) is 0 Å². The second-order valence-corrected chi connectivity index (χ2v) is 6.65. The van der Waals surface area contributed by atoms with Crippen molar-refractivity contribution in [3.63, 3.8) is 0 Å². The van der Waals surface area contributed by atoms with Crippen molar-refractivity contribution in [1.29, 1.82) is 0 Å². The molecule has 7 heteroatoms. The van der Waals surface area contributed by atoms with E-state index >= 15 is 0 Å². The third-order valence-electron chi connectivity index (χ3n) is 4.69. The van der Waals surface area contributed by atoms with Gasteiger partial charge in [0, 0.05) is 18.5 Å². The molecule has 0 spiro atoms. The number of amides is 2. The smallest absolute Gasteiger partial charge is 0.357 e. The lowest BCUT2D eigenvalue weighted by molar-refractivity contribution is -0.143. The number of esters is 1. The third kappa shape index (κ3) is 3.94. The fourth-order valence-corrected chi connectivity index (χ4v) is 3.23. The SMILES string of the molecule is O=C(OCC(=O)N1CCCC1=O)c1cc(-c2ccccc2)nn1-c1ccccc1. The summed E-state index contributed by atoms with van der Waals surface area (Å²) in [6.07, 6.45) is 0.987. The Morgan fingerprint density at radius 1 is 1.00 bits per heavy atom. The molecule has 0 saturated carbocycles. The van der Waals surface area contributed by atoms with Gasteiger partial charge >= 0.3 is 5.97 Å². The van der Waals surface area contributed by atoms with Crippen LogP contribution in [0.5, 0.6) is 0 Å². The maximum absolute atomic E-state index is 12.7.